The molecular formula is C9H20N4O3. The molecule has 0 aliphatic rings. The van der Waals surface area contributed by atoms with Crippen molar-refractivity contribution in [2.45, 2.75) is 20.0 Å². The van der Waals surface area contributed by atoms with Crippen molar-refractivity contribution in [3.05, 3.63) is 0 Å². The van der Waals surface area contributed by atoms with Crippen LogP contribution >= 0.6 is 0 Å². The number of hydrogen-bond donors (Lipinski definition) is 5. The smallest absolute Gasteiger partial charge is 0.249 e. The first-order valence-corrected chi connectivity index (χ1v) is 4.93. The Bertz CT molecular complexity index is 261. The summed E-state index contributed by atoms with van der Waals surface area (Å²) in [4.78, 5) is 15.1. The van der Waals surface area contributed by atoms with Gasteiger partial charge in [-0.15, -0.1) is 0 Å². The number of carbonyl (C=O) groups is 1. The van der Waals surface area contributed by atoms with E-state index in [-0.39, 0.29) is 25.7 Å². The number of amides is 1. The van der Waals surface area contributed by atoms with Crippen LogP contribution in [0.15, 0.2) is 4.99 Å². The molecule has 0 saturated heterocycles. The first-order valence-electron chi connectivity index (χ1n) is 4.93. The standard InChI is InChI=1S/C9H20N4O3/c1-9(2,5-14)6(15)7(16)12-3-4-13-8(10)11/h6,14-15H,3-5H2,1-2H3,(H,12,16)(H4,10,11,13)/t6-/m0/s1. The summed E-state index contributed by atoms with van der Waals surface area (Å²) in [5, 5.41) is 21.0. The van der Waals surface area contributed by atoms with Gasteiger partial charge in [-0.2, -0.15) is 0 Å². The largest absolute Gasteiger partial charge is 0.396 e. The first kappa shape index (κ1) is 14.7. The molecular weight excluding hydrogens is 212 g/mol. The van der Waals surface area contributed by atoms with Gasteiger partial charge < -0.3 is 27.0 Å². The molecule has 1 amide bonds. The lowest BCUT2D eigenvalue weighted by molar-refractivity contribution is -0.137. The van der Waals surface area contributed by atoms with Gasteiger partial charge in [0.25, 0.3) is 0 Å². The minimum atomic E-state index is -1.27. The van der Waals surface area contributed by atoms with Crippen LogP contribution in [0.2, 0.25) is 0 Å². The molecule has 7 heteroatoms. The highest BCUT2D eigenvalue weighted by molar-refractivity contribution is 5.81. The topological polar surface area (TPSA) is 134 Å². The van der Waals surface area contributed by atoms with Gasteiger partial charge in [-0.05, 0) is 0 Å². The van der Waals surface area contributed by atoms with Gasteiger partial charge in [-0.1, -0.05) is 13.8 Å². The zero-order valence-corrected chi connectivity index (χ0v) is 9.60. The molecule has 0 bridgehead atoms. The van der Waals surface area contributed by atoms with E-state index >= 15 is 0 Å². The highest BCUT2D eigenvalue weighted by Crippen LogP contribution is 2.19. The second-order valence-corrected chi connectivity index (χ2v) is 4.15. The molecule has 0 unspecified atom stereocenters. The van der Waals surface area contributed by atoms with E-state index < -0.39 is 17.4 Å². The Morgan fingerprint density at radius 1 is 1.50 bits per heavy atom. The summed E-state index contributed by atoms with van der Waals surface area (Å²) in [5.41, 5.74) is 9.31. The van der Waals surface area contributed by atoms with Crippen LogP contribution in [0.25, 0.3) is 0 Å². The van der Waals surface area contributed by atoms with Crippen LogP contribution in [0.4, 0.5) is 0 Å². The van der Waals surface area contributed by atoms with Crippen molar-refractivity contribution in [2.24, 2.45) is 21.9 Å². The molecule has 94 valence electrons. The van der Waals surface area contributed by atoms with Crippen molar-refractivity contribution < 1.29 is 15.0 Å². The first-order chi connectivity index (χ1) is 7.31. The Labute approximate surface area is 94.5 Å². The maximum Gasteiger partial charge on any atom is 0.249 e. The van der Waals surface area contributed by atoms with E-state index in [0.29, 0.717) is 0 Å². The van der Waals surface area contributed by atoms with E-state index in [0.717, 1.165) is 0 Å². The average molecular weight is 232 g/mol. The van der Waals surface area contributed by atoms with E-state index in [9.17, 15) is 9.90 Å². The lowest BCUT2D eigenvalue weighted by Gasteiger charge is -2.26. The van der Waals surface area contributed by atoms with Crippen LogP contribution in [-0.4, -0.2) is 47.9 Å². The van der Waals surface area contributed by atoms with Gasteiger partial charge in [0.2, 0.25) is 5.91 Å². The van der Waals surface area contributed by atoms with Gasteiger partial charge in [-0.3, -0.25) is 9.79 Å². The number of aliphatic hydroxyl groups is 2. The van der Waals surface area contributed by atoms with Crippen LogP contribution in [0.1, 0.15) is 13.8 Å². The molecule has 0 rings (SSSR count). The van der Waals surface area contributed by atoms with Gasteiger partial charge in [-0.25, -0.2) is 0 Å². The third-order valence-electron chi connectivity index (χ3n) is 2.10. The van der Waals surface area contributed by atoms with Crippen LogP contribution in [0, 0.1) is 5.41 Å². The molecule has 0 radical (unpaired) electrons. The van der Waals surface area contributed by atoms with E-state index in [4.69, 9.17) is 16.6 Å². The number of nitrogens with two attached hydrogens (primary N) is 2. The van der Waals surface area contributed by atoms with Crippen LogP contribution in [0.5, 0.6) is 0 Å². The number of carbonyl (C=O) groups excluding carboxylic acids is 1. The lowest BCUT2D eigenvalue weighted by Crippen LogP contribution is -2.46. The van der Waals surface area contributed by atoms with Gasteiger partial charge in [0.1, 0.15) is 6.10 Å². The summed E-state index contributed by atoms with van der Waals surface area (Å²) in [7, 11) is 0. The number of nitrogens with one attached hydrogen (secondary N) is 1. The molecule has 16 heavy (non-hydrogen) atoms. The lowest BCUT2D eigenvalue weighted by atomic mass is 9.87. The molecule has 0 aromatic heterocycles. The Morgan fingerprint density at radius 2 is 2.06 bits per heavy atom. The molecule has 1 atom stereocenters. The van der Waals surface area contributed by atoms with Crippen molar-refractivity contribution in [1.29, 1.82) is 0 Å². The monoisotopic (exact) mass is 232 g/mol. The number of aliphatic hydroxyl groups excluding tert-OH is 2. The summed E-state index contributed by atoms with van der Waals surface area (Å²) < 4.78 is 0. The predicted octanol–water partition coefficient (Wildman–Crippen LogP) is -2.24. The number of rotatable bonds is 6. The fourth-order valence-corrected chi connectivity index (χ4v) is 0.902. The molecule has 0 aliphatic carbocycles. The van der Waals surface area contributed by atoms with Crippen molar-refractivity contribution in [3.8, 4) is 0 Å². The maximum absolute atomic E-state index is 11.4. The van der Waals surface area contributed by atoms with E-state index in [2.05, 4.69) is 10.3 Å². The summed E-state index contributed by atoms with van der Waals surface area (Å²) in [6.45, 7) is 3.38. The zero-order valence-electron chi connectivity index (χ0n) is 9.60. The molecule has 7 N–H and O–H groups in total. The van der Waals surface area contributed by atoms with Crippen LogP contribution in [-0.2, 0) is 4.79 Å². The Hall–Kier alpha value is -1.34. The molecule has 0 aromatic carbocycles. The molecule has 7 nitrogen and oxygen atoms in total. The second-order valence-electron chi connectivity index (χ2n) is 4.15. The molecule has 0 saturated carbocycles. The van der Waals surface area contributed by atoms with Gasteiger partial charge in [0.05, 0.1) is 13.2 Å². The van der Waals surface area contributed by atoms with E-state index in [1.165, 1.54) is 0 Å². The van der Waals surface area contributed by atoms with Crippen molar-refractivity contribution in [2.75, 3.05) is 19.7 Å². The van der Waals surface area contributed by atoms with E-state index in [1.54, 1.807) is 13.8 Å². The zero-order chi connectivity index (χ0) is 12.8. The summed E-state index contributed by atoms with van der Waals surface area (Å²) in [5.74, 6) is -0.602. The summed E-state index contributed by atoms with van der Waals surface area (Å²) in [6, 6.07) is 0. The summed E-state index contributed by atoms with van der Waals surface area (Å²) >= 11 is 0. The molecule has 0 aromatic rings. The maximum atomic E-state index is 11.4. The fourth-order valence-electron chi connectivity index (χ4n) is 0.902. The van der Waals surface area contributed by atoms with Crippen molar-refractivity contribution in [1.82, 2.24) is 5.32 Å². The highest BCUT2D eigenvalue weighted by Gasteiger charge is 2.32. The van der Waals surface area contributed by atoms with Crippen molar-refractivity contribution in [3.63, 3.8) is 0 Å². The molecule has 0 fully saturated rings. The number of guanidine groups is 1. The van der Waals surface area contributed by atoms with Crippen LogP contribution in [0.3, 0.4) is 0 Å². The van der Waals surface area contributed by atoms with Gasteiger partial charge in [0.15, 0.2) is 5.96 Å². The van der Waals surface area contributed by atoms with Crippen LogP contribution < -0.4 is 16.8 Å². The fraction of sp³-hybridized carbons (Fsp3) is 0.778. The average Bonchev–Trinajstić information content (AvgIpc) is 2.22. The number of hydrogen-bond acceptors (Lipinski definition) is 4. The third-order valence-corrected chi connectivity index (χ3v) is 2.10. The second kappa shape index (κ2) is 6.29. The molecule has 0 heterocycles. The summed E-state index contributed by atoms with van der Waals surface area (Å²) in [6.07, 6.45) is -1.27. The molecule has 0 aliphatic heterocycles. The number of nitrogens with zero attached hydrogens (tertiary/aromatic N) is 1. The minimum absolute atomic E-state index is 0.0505. The Kier molecular flexibility index (Phi) is 5.76. The normalized spacial score (nSPS) is 13.0. The number of aliphatic imine (C=N–C) groups is 1. The highest BCUT2D eigenvalue weighted by atomic mass is 16.3. The predicted molar refractivity (Wildman–Crippen MR) is 60.6 cm³/mol. The van der Waals surface area contributed by atoms with Crippen molar-refractivity contribution >= 4 is 11.9 Å². The Morgan fingerprint density at radius 3 is 2.50 bits per heavy atom. The minimum Gasteiger partial charge on any atom is -0.396 e. The van der Waals surface area contributed by atoms with Gasteiger partial charge >= 0.3 is 0 Å². The quantitative estimate of drug-likeness (QED) is 0.200. The molecule has 0 spiro atoms. The van der Waals surface area contributed by atoms with E-state index in [1.807, 2.05) is 0 Å². The SMILES string of the molecule is CC(C)(CO)[C@@H](O)C(=O)NCCN=C(N)N. The Balaban J connectivity index is 4.03. The van der Waals surface area contributed by atoms with Gasteiger partial charge in [0, 0.05) is 12.0 Å². The third kappa shape index (κ3) is 4.94.